The van der Waals surface area contributed by atoms with Crippen molar-refractivity contribution in [2.45, 2.75) is 6.42 Å². The average Bonchev–Trinajstić information content (AvgIpc) is 2.65. The summed E-state index contributed by atoms with van der Waals surface area (Å²) in [5.74, 6) is 1.15. The van der Waals surface area contributed by atoms with Gasteiger partial charge in [-0.15, -0.1) is 11.3 Å². The summed E-state index contributed by atoms with van der Waals surface area (Å²) in [7, 11) is 0. The number of rotatable bonds is 5. The molecule has 0 aliphatic rings. The van der Waals surface area contributed by atoms with Crippen molar-refractivity contribution in [3.8, 4) is 0 Å². The predicted molar refractivity (Wildman–Crippen MR) is 59.7 cm³/mol. The first-order valence-corrected chi connectivity index (χ1v) is 6.42. The van der Waals surface area contributed by atoms with Crippen molar-refractivity contribution in [1.29, 1.82) is 0 Å². The molecule has 0 fully saturated rings. The Morgan fingerprint density at radius 2 is 2.54 bits per heavy atom. The van der Waals surface area contributed by atoms with E-state index in [-0.39, 0.29) is 5.91 Å². The van der Waals surface area contributed by atoms with E-state index in [0.29, 0.717) is 0 Å². The second kappa shape index (κ2) is 6.05. The Kier molecular flexibility index (Phi) is 4.93. The Bertz CT molecular complexity index is 246. The Hall–Kier alpha value is -0.480. The van der Waals surface area contributed by atoms with Crippen molar-refractivity contribution in [3.05, 3.63) is 22.4 Å². The fourth-order valence-electron chi connectivity index (χ4n) is 0.913. The van der Waals surface area contributed by atoms with Crippen LogP contribution in [0, 0.1) is 0 Å². The number of nitrogens with one attached hydrogen (secondary N) is 1. The Morgan fingerprint density at radius 1 is 1.69 bits per heavy atom. The zero-order valence-corrected chi connectivity index (χ0v) is 9.21. The van der Waals surface area contributed by atoms with Crippen LogP contribution in [-0.2, 0) is 0 Å². The highest BCUT2D eigenvalue weighted by molar-refractivity contribution is 7.98. The maximum absolute atomic E-state index is 11.4. The largest absolute Gasteiger partial charge is 0.351 e. The van der Waals surface area contributed by atoms with Crippen LogP contribution in [0.4, 0.5) is 0 Å². The van der Waals surface area contributed by atoms with Crippen LogP contribution in [0.3, 0.4) is 0 Å². The molecule has 1 heterocycles. The van der Waals surface area contributed by atoms with Gasteiger partial charge < -0.3 is 5.32 Å². The molecule has 0 aliphatic carbocycles. The van der Waals surface area contributed by atoms with Crippen LogP contribution in [-0.4, -0.2) is 24.5 Å². The van der Waals surface area contributed by atoms with Crippen molar-refractivity contribution in [3.63, 3.8) is 0 Å². The topological polar surface area (TPSA) is 29.1 Å². The molecule has 72 valence electrons. The van der Waals surface area contributed by atoms with E-state index in [1.165, 1.54) is 11.3 Å². The van der Waals surface area contributed by atoms with Crippen molar-refractivity contribution in [2.75, 3.05) is 18.6 Å². The van der Waals surface area contributed by atoms with E-state index in [1.807, 2.05) is 17.5 Å². The van der Waals surface area contributed by atoms with Gasteiger partial charge in [-0.3, -0.25) is 4.79 Å². The Labute approximate surface area is 86.7 Å². The number of thioether (sulfide) groups is 1. The maximum atomic E-state index is 11.4. The third-order valence-electron chi connectivity index (χ3n) is 1.56. The number of hydrogen-bond acceptors (Lipinski definition) is 3. The molecule has 1 N–H and O–H groups in total. The summed E-state index contributed by atoms with van der Waals surface area (Å²) in [6.07, 6.45) is 3.11. The second-order valence-electron chi connectivity index (χ2n) is 2.58. The van der Waals surface area contributed by atoms with Gasteiger partial charge in [-0.1, -0.05) is 6.07 Å². The minimum absolute atomic E-state index is 0.0519. The summed E-state index contributed by atoms with van der Waals surface area (Å²) in [6, 6.07) is 3.73. The minimum atomic E-state index is 0.0519. The van der Waals surface area contributed by atoms with Gasteiger partial charge in [-0.2, -0.15) is 11.8 Å². The average molecular weight is 215 g/mol. The number of carbonyl (C=O) groups excluding carboxylic acids is 1. The van der Waals surface area contributed by atoms with Gasteiger partial charge in [0, 0.05) is 6.54 Å². The molecule has 1 aromatic heterocycles. The quantitative estimate of drug-likeness (QED) is 0.763. The normalized spacial score (nSPS) is 9.92. The van der Waals surface area contributed by atoms with Gasteiger partial charge >= 0.3 is 0 Å². The number of thiophene rings is 1. The van der Waals surface area contributed by atoms with Crippen molar-refractivity contribution >= 4 is 29.0 Å². The van der Waals surface area contributed by atoms with Gasteiger partial charge in [0.2, 0.25) is 0 Å². The van der Waals surface area contributed by atoms with Gasteiger partial charge in [0.05, 0.1) is 4.88 Å². The standard InChI is InChI=1S/C9H13NOS2/c1-12-6-3-5-10-9(11)8-4-2-7-13-8/h2,4,7H,3,5-6H2,1H3,(H,10,11). The van der Waals surface area contributed by atoms with E-state index in [4.69, 9.17) is 0 Å². The van der Waals surface area contributed by atoms with E-state index in [9.17, 15) is 4.79 Å². The lowest BCUT2D eigenvalue weighted by atomic mass is 10.4. The van der Waals surface area contributed by atoms with Gasteiger partial charge in [0.15, 0.2) is 0 Å². The van der Waals surface area contributed by atoms with E-state index >= 15 is 0 Å². The smallest absolute Gasteiger partial charge is 0.261 e. The first-order valence-electron chi connectivity index (χ1n) is 4.15. The molecule has 2 nitrogen and oxygen atoms in total. The van der Waals surface area contributed by atoms with Crippen molar-refractivity contribution in [1.82, 2.24) is 5.32 Å². The highest BCUT2D eigenvalue weighted by atomic mass is 32.2. The van der Waals surface area contributed by atoms with Crippen LogP contribution < -0.4 is 5.32 Å². The SMILES string of the molecule is CSCCCNC(=O)c1cccs1. The van der Waals surface area contributed by atoms with Crippen LogP contribution in [0.15, 0.2) is 17.5 Å². The third-order valence-corrected chi connectivity index (χ3v) is 3.12. The zero-order valence-electron chi connectivity index (χ0n) is 7.58. The highest BCUT2D eigenvalue weighted by Gasteiger charge is 2.03. The molecule has 13 heavy (non-hydrogen) atoms. The zero-order chi connectivity index (χ0) is 9.52. The molecule has 0 saturated carbocycles. The minimum Gasteiger partial charge on any atom is -0.351 e. The highest BCUT2D eigenvalue weighted by Crippen LogP contribution is 2.07. The molecule has 1 aromatic rings. The molecular weight excluding hydrogens is 202 g/mol. The molecule has 0 aliphatic heterocycles. The van der Waals surface area contributed by atoms with E-state index in [1.54, 1.807) is 11.8 Å². The molecule has 0 atom stereocenters. The molecule has 1 amide bonds. The van der Waals surface area contributed by atoms with Crippen LogP contribution in [0.25, 0.3) is 0 Å². The summed E-state index contributed by atoms with van der Waals surface area (Å²) in [5, 5.41) is 4.79. The maximum Gasteiger partial charge on any atom is 0.261 e. The number of carbonyl (C=O) groups is 1. The Balaban J connectivity index is 2.19. The molecule has 0 unspecified atom stereocenters. The summed E-state index contributed by atoms with van der Waals surface area (Å²) >= 11 is 3.28. The van der Waals surface area contributed by atoms with Gasteiger partial charge in [0.25, 0.3) is 5.91 Å². The lowest BCUT2D eigenvalue weighted by molar-refractivity contribution is 0.0958. The van der Waals surface area contributed by atoms with Gasteiger partial charge in [-0.05, 0) is 29.9 Å². The molecule has 0 radical (unpaired) electrons. The number of hydrogen-bond donors (Lipinski definition) is 1. The molecule has 1 rings (SSSR count). The van der Waals surface area contributed by atoms with Crippen LogP contribution in [0.5, 0.6) is 0 Å². The number of amides is 1. The van der Waals surface area contributed by atoms with E-state index in [2.05, 4.69) is 11.6 Å². The Morgan fingerprint density at radius 3 is 3.15 bits per heavy atom. The molecule has 0 aromatic carbocycles. The summed E-state index contributed by atoms with van der Waals surface area (Å²) in [6.45, 7) is 0.775. The molecule has 0 saturated heterocycles. The van der Waals surface area contributed by atoms with Gasteiger partial charge in [0.1, 0.15) is 0 Å². The van der Waals surface area contributed by atoms with Crippen LogP contribution >= 0.6 is 23.1 Å². The molecule has 0 bridgehead atoms. The first-order chi connectivity index (χ1) is 6.34. The van der Waals surface area contributed by atoms with Crippen molar-refractivity contribution in [2.24, 2.45) is 0 Å². The lowest BCUT2D eigenvalue weighted by Crippen LogP contribution is -2.23. The van der Waals surface area contributed by atoms with E-state index in [0.717, 1.165) is 23.6 Å². The third kappa shape index (κ3) is 3.83. The van der Waals surface area contributed by atoms with Crippen LogP contribution in [0.1, 0.15) is 16.1 Å². The molecular formula is C9H13NOS2. The van der Waals surface area contributed by atoms with Crippen LogP contribution in [0.2, 0.25) is 0 Å². The molecule has 4 heteroatoms. The van der Waals surface area contributed by atoms with Gasteiger partial charge in [-0.25, -0.2) is 0 Å². The fraction of sp³-hybridized carbons (Fsp3) is 0.444. The van der Waals surface area contributed by atoms with Crippen molar-refractivity contribution < 1.29 is 4.79 Å². The lowest BCUT2D eigenvalue weighted by Gasteiger charge is -2.01. The monoisotopic (exact) mass is 215 g/mol. The second-order valence-corrected chi connectivity index (χ2v) is 4.51. The summed E-state index contributed by atoms with van der Waals surface area (Å²) < 4.78 is 0. The summed E-state index contributed by atoms with van der Waals surface area (Å²) in [4.78, 5) is 12.2. The summed E-state index contributed by atoms with van der Waals surface area (Å²) in [5.41, 5.74) is 0. The fourth-order valence-corrected chi connectivity index (χ4v) is 1.99. The first kappa shape index (κ1) is 10.6. The van der Waals surface area contributed by atoms with E-state index < -0.39 is 0 Å². The molecule has 0 spiro atoms. The predicted octanol–water partition coefficient (Wildman–Crippen LogP) is 2.23.